The Morgan fingerprint density at radius 2 is 1.16 bits per heavy atom. The van der Waals surface area contributed by atoms with E-state index in [1.54, 1.807) is 7.11 Å². The Hall–Kier alpha value is -3.03. The Morgan fingerprint density at radius 3 is 1.72 bits per heavy atom. The van der Waals surface area contributed by atoms with Crippen LogP contribution in [0.2, 0.25) is 5.02 Å². The fraction of sp³-hybridized carbons (Fsp3) is 0.200. The van der Waals surface area contributed by atoms with Crippen LogP contribution in [0, 0.1) is 0 Å². The number of hydrogen-bond donors (Lipinski definition) is 0. The van der Waals surface area contributed by atoms with Gasteiger partial charge in [0.15, 0.2) is 0 Å². The second-order valence-corrected chi connectivity index (χ2v) is 8.56. The molecule has 4 aromatic carbocycles. The average Bonchev–Trinajstić information content (AvgIpc) is 2.85. The minimum Gasteiger partial charge on any atom is -0.497 e. The van der Waals surface area contributed by atoms with Gasteiger partial charge in [0.05, 0.1) is 7.11 Å². The summed E-state index contributed by atoms with van der Waals surface area (Å²) < 4.78 is 5.25. The lowest BCUT2D eigenvalue weighted by Crippen LogP contribution is -1.87. The first-order valence-corrected chi connectivity index (χ1v) is 11.7. The van der Waals surface area contributed by atoms with Gasteiger partial charge in [-0.25, -0.2) is 0 Å². The minimum absolute atomic E-state index is 0.746. The van der Waals surface area contributed by atoms with Crippen LogP contribution in [0.15, 0.2) is 91.0 Å². The van der Waals surface area contributed by atoms with E-state index in [0.29, 0.717) is 0 Å². The zero-order valence-corrected chi connectivity index (χ0v) is 19.5. The van der Waals surface area contributed by atoms with Crippen molar-refractivity contribution in [3.63, 3.8) is 0 Å². The maximum atomic E-state index is 6.64. The third-order valence-corrected chi connectivity index (χ3v) is 6.26. The van der Waals surface area contributed by atoms with Crippen LogP contribution in [0.4, 0.5) is 0 Å². The number of hydrogen-bond acceptors (Lipinski definition) is 1. The molecule has 162 valence electrons. The van der Waals surface area contributed by atoms with Gasteiger partial charge < -0.3 is 4.74 Å². The molecule has 0 bridgehead atoms. The van der Waals surface area contributed by atoms with Crippen molar-refractivity contribution >= 4 is 11.6 Å². The van der Waals surface area contributed by atoms with Gasteiger partial charge in [0.1, 0.15) is 5.75 Å². The summed E-state index contributed by atoms with van der Waals surface area (Å²) in [5.74, 6) is 0.840. The molecular weight excluding hydrogens is 412 g/mol. The van der Waals surface area contributed by atoms with Gasteiger partial charge in [-0.2, -0.15) is 0 Å². The van der Waals surface area contributed by atoms with Gasteiger partial charge in [-0.3, -0.25) is 0 Å². The van der Waals surface area contributed by atoms with Gasteiger partial charge in [-0.15, -0.1) is 0 Å². The maximum Gasteiger partial charge on any atom is 0.118 e. The van der Waals surface area contributed by atoms with E-state index in [4.69, 9.17) is 16.3 Å². The number of unbranched alkanes of at least 4 members (excludes halogenated alkanes) is 2. The molecule has 4 aromatic rings. The summed E-state index contributed by atoms with van der Waals surface area (Å²) >= 11 is 6.64. The van der Waals surface area contributed by atoms with E-state index in [1.807, 2.05) is 30.3 Å². The summed E-state index contributed by atoms with van der Waals surface area (Å²) in [6.45, 7) is 2.25. The number of methoxy groups -OCH3 is 1. The first-order chi connectivity index (χ1) is 15.7. The van der Waals surface area contributed by atoms with Crippen LogP contribution >= 0.6 is 11.6 Å². The molecule has 0 saturated carbocycles. The van der Waals surface area contributed by atoms with Crippen LogP contribution in [-0.2, 0) is 6.42 Å². The summed E-state index contributed by atoms with van der Waals surface area (Å²) in [5, 5.41) is 0.746. The highest BCUT2D eigenvalue weighted by atomic mass is 35.5. The Morgan fingerprint density at radius 1 is 0.625 bits per heavy atom. The van der Waals surface area contributed by atoms with E-state index in [9.17, 15) is 0 Å². The fourth-order valence-electron chi connectivity index (χ4n) is 4.00. The third-order valence-electron chi connectivity index (χ3n) is 5.94. The lowest BCUT2D eigenvalue weighted by atomic mass is 9.97. The van der Waals surface area contributed by atoms with Crippen molar-refractivity contribution in [1.82, 2.24) is 0 Å². The van der Waals surface area contributed by atoms with Crippen molar-refractivity contribution < 1.29 is 4.74 Å². The Kier molecular flexibility index (Phi) is 7.29. The summed E-state index contributed by atoms with van der Waals surface area (Å²) in [7, 11) is 1.67. The Balaban J connectivity index is 1.49. The molecule has 0 aromatic heterocycles. The smallest absolute Gasteiger partial charge is 0.118 e. The van der Waals surface area contributed by atoms with Crippen molar-refractivity contribution in [2.75, 3.05) is 7.11 Å². The predicted molar refractivity (Wildman–Crippen MR) is 138 cm³/mol. The normalized spacial score (nSPS) is 10.8. The lowest BCUT2D eigenvalue weighted by molar-refractivity contribution is 0.415. The number of benzene rings is 4. The number of halogens is 1. The van der Waals surface area contributed by atoms with Crippen molar-refractivity contribution in [1.29, 1.82) is 0 Å². The van der Waals surface area contributed by atoms with Crippen molar-refractivity contribution in [2.24, 2.45) is 0 Å². The molecule has 1 nitrogen and oxygen atoms in total. The van der Waals surface area contributed by atoms with Gasteiger partial charge >= 0.3 is 0 Å². The van der Waals surface area contributed by atoms with Gasteiger partial charge in [-0.05, 0) is 64.4 Å². The van der Waals surface area contributed by atoms with Crippen LogP contribution in [0.5, 0.6) is 5.75 Å². The Bertz CT molecular complexity index is 1140. The van der Waals surface area contributed by atoms with E-state index in [2.05, 4.69) is 67.6 Å². The first-order valence-electron chi connectivity index (χ1n) is 11.3. The zero-order chi connectivity index (χ0) is 22.3. The molecule has 0 N–H and O–H groups in total. The molecule has 0 saturated heterocycles. The third kappa shape index (κ3) is 5.23. The van der Waals surface area contributed by atoms with E-state index < -0.39 is 0 Å². The Labute approximate surface area is 196 Å². The van der Waals surface area contributed by atoms with E-state index in [1.165, 1.54) is 42.4 Å². The highest BCUT2D eigenvalue weighted by molar-refractivity contribution is 6.33. The van der Waals surface area contributed by atoms with Crippen LogP contribution in [0.3, 0.4) is 0 Å². The van der Waals surface area contributed by atoms with Crippen LogP contribution < -0.4 is 4.74 Å². The van der Waals surface area contributed by atoms with Crippen molar-refractivity contribution in [3.8, 4) is 39.1 Å². The van der Waals surface area contributed by atoms with Crippen LogP contribution in [-0.4, -0.2) is 7.11 Å². The zero-order valence-electron chi connectivity index (χ0n) is 18.8. The molecule has 0 aliphatic heterocycles. The second-order valence-electron chi connectivity index (χ2n) is 8.15. The highest BCUT2D eigenvalue weighted by Gasteiger charge is 2.07. The molecule has 0 unspecified atom stereocenters. The predicted octanol–water partition coefficient (Wildman–Crippen LogP) is 9.08. The molecule has 0 aliphatic carbocycles. The topological polar surface area (TPSA) is 9.23 Å². The fourth-order valence-corrected chi connectivity index (χ4v) is 4.29. The highest BCUT2D eigenvalue weighted by Crippen LogP contribution is 2.34. The largest absolute Gasteiger partial charge is 0.497 e. The molecule has 2 heteroatoms. The monoisotopic (exact) mass is 440 g/mol. The summed E-state index contributed by atoms with van der Waals surface area (Å²) in [5.41, 5.74) is 8.28. The molecule has 0 heterocycles. The average molecular weight is 441 g/mol. The van der Waals surface area contributed by atoms with Crippen LogP contribution in [0.25, 0.3) is 33.4 Å². The molecule has 0 atom stereocenters. The minimum atomic E-state index is 0.746. The molecular formula is C30H29ClO. The molecule has 4 rings (SSSR count). The van der Waals surface area contributed by atoms with Crippen LogP contribution in [0.1, 0.15) is 31.7 Å². The summed E-state index contributed by atoms with van der Waals surface area (Å²) in [6.07, 6.45) is 5.00. The van der Waals surface area contributed by atoms with E-state index in [0.717, 1.165) is 33.0 Å². The molecule has 0 radical (unpaired) electrons. The van der Waals surface area contributed by atoms with E-state index in [-0.39, 0.29) is 0 Å². The molecule has 0 aliphatic rings. The molecule has 0 amide bonds. The van der Waals surface area contributed by atoms with Crippen molar-refractivity contribution in [3.05, 3.63) is 102 Å². The van der Waals surface area contributed by atoms with Gasteiger partial charge in [0, 0.05) is 10.6 Å². The number of rotatable bonds is 8. The summed E-state index contributed by atoms with van der Waals surface area (Å²) in [6, 6.07) is 31.9. The van der Waals surface area contributed by atoms with Gasteiger partial charge in [0.25, 0.3) is 0 Å². The standard InChI is InChI=1S/C30H29ClO/c1-3-4-5-6-22-7-9-23(10-8-22)24-11-13-25(14-12-24)27-17-20-29(30(31)21-27)26-15-18-28(32-2)19-16-26/h7-21H,3-6H2,1-2H3. The molecule has 32 heavy (non-hydrogen) atoms. The number of aryl methyl sites for hydroxylation is 1. The van der Waals surface area contributed by atoms with E-state index >= 15 is 0 Å². The molecule has 0 spiro atoms. The SMILES string of the molecule is CCCCCc1ccc(-c2ccc(-c3ccc(-c4ccc(OC)cc4)c(Cl)c3)cc2)cc1. The second kappa shape index (κ2) is 10.5. The van der Waals surface area contributed by atoms with Gasteiger partial charge in [0.2, 0.25) is 0 Å². The number of ether oxygens (including phenoxy) is 1. The van der Waals surface area contributed by atoms with Crippen molar-refractivity contribution in [2.45, 2.75) is 32.6 Å². The summed E-state index contributed by atoms with van der Waals surface area (Å²) in [4.78, 5) is 0. The molecule has 0 fully saturated rings. The lowest BCUT2D eigenvalue weighted by Gasteiger charge is -2.10. The first kappa shape index (κ1) is 22.2. The quantitative estimate of drug-likeness (QED) is 0.248. The van der Waals surface area contributed by atoms with Gasteiger partial charge in [-0.1, -0.05) is 104 Å². The maximum absolute atomic E-state index is 6.64.